The van der Waals surface area contributed by atoms with Crippen LogP contribution in [-0.2, 0) is 0 Å². The van der Waals surface area contributed by atoms with Gasteiger partial charge in [-0.1, -0.05) is 20.3 Å². The van der Waals surface area contributed by atoms with Crippen LogP contribution in [0.1, 0.15) is 40.0 Å². The summed E-state index contributed by atoms with van der Waals surface area (Å²) >= 11 is 0. The second kappa shape index (κ2) is 3.49. The van der Waals surface area contributed by atoms with Crippen LogP contribution < -0.4 is 0 Å². The lowest BCUT2D eigenvalue weighted by atomic mass is 9.80. The van der Waals surface area contributed by atoms with Gasteiger partial charge in [-0.15, -0.1) is 0 Å². The topological polar surface area (TPSA) is 23.5 Å². The van der Waals surface area contributed by atoms with Crippen molar-refractivity contribution in [2.24, 2.45) is 11.3 Å². The molecular formula is C12H23NO. The molecule has 1 heterocycles. The predicted octanol–water partition coefficient (Wildman–Crippen LogP) is 1.88. The van der Waals surface area contributed by atoms with Crippen molar-refractivity contribution in [3.8, 4) is 0 Å². The van der Waals surface area contributed by atoms with Gasteiger partial charge in [-0.3, -0.25) is 4.90 Å². The predicted molar refractivity (Wildman–Crippen MR) is 58.2 cm³/mol. The fourth-order valence-electron chi connectivity index (χ4n) is 3.59. The minimum absolute atomic E-state index is 0.176. The third kappa shape index (κ3) is 1.70. The van der Waals surface area contributed by atoms with E-state index < -0.39 is 0 Å². The minimum atomic E-state index is -0.176. The molecular weight excluding hydrogens is 174 g/mol. The van der Waals surface area contributed by atoms with Crippen LogP contribution in [0.5, 0.6) is 0 Å². The van der Waals surface area contributed by atoms with Gasteiger partial charge in [-0.25, -0.2) is 0 Å². The van der Waals surface area contributed by atoms with E-state index in [0.29, 0.717) is 5.41 Å². The van der Waals surface area contributed by atoms with E-state index >= 15 is 0 Å². The zero-order chi connectivity index (χ0) is 10.3. The molecule has 0 aromatic heterocycles. The van der Waals surface area contributed by atoms with Crippen LogP contribution in [-0.4, -0.2) is 35.2 Å². The van der Waals surface area contributed by atoms with Crippen LogP contribution in [0.15, 0.2) is 0 Å². The fourth-order valence-corrected chi connectivity index (χ4v) is 3.59. The number of fused-ring (bicyclic) bond motifs is 1. The Morgan fingerprint density at radius 2 is 2.14 bits per heavy atom. The number of aliphatic hydroxyl groups excluding tert-OH is 1. The highest BCUT2D eigenvalue weighted by Gasteiger charge is 2.48. The van der Waals surface area contributed by atoms with Gasteiger partial charge < -0.3 is 5.11 Å². The second-order valence-corrected chi connectivity index (χ2v) is 5.87. The van der Waals surface area contributed by atoms with Gasteiger partial charge in [0.2, 0.25) is 0 Å². The van der Waals surface area contributed by atoms with Crippen LogP contribution in [0.2, 0.25) is 0 Å². The molecule has 0 aromatic rings. The van der Waals surface area contributed by atoms with Crippen molar-refractivity contribution >= 4 is 0 Å². The smallest absolute Gasteiger partial charge is 0.0639 e. The molecule has 2 nitrogen and oxygen atoms in total. The lowest BCUT2D eigenvalue weighted by molar-refractivity contribution is 0.114. The maximum atomic E-state index is 9.46. The first-order chi connectivity index (χ1) is 6.50. The van der Waals surface area contributed by atoms with Crippen molar-refractivity contribution in [1.82, 2.24) is 4.90 Å². The number of likely N-dealkylation sites (tertiary alicyclic amines) is 1. The average molecular weight is 197 g/mol. The molecule has 0 radical (unpaired) electrons. The molecule has 1 N–H and O–H groups in total. The van der Waals surface area contributed by atoms with Gasteiger partial charge in [0.1, 0.15) is 0 Å². The highest BCUT2D eigenvalue weighted by molar-refractivity contribution is 5.01. The van der Waals surface area contributed by atoms with Crippen molar-refractivity contribution in [1.29, 1.82) is 0 Å². The van der Waals surface area contributed by atoms with Gasteiger partial charge >= 0.3 is 0 Å². The molecule has 82 valence electrons. The zero-order valence-corrected chi connectivity index (χ0v) is 9.66. The Morgan fingerprint density at radius 3 is 2.79 bits per heavy atom. The van der Waals surface area contributed by atoms with Crippen LogP contribution in [0.4, 0.5) is 0 Å². The first kappa shape index (κ1) is 10.4. The van der Waals surface area contributed by atoms with Crippen LogP contribution in [0, 0.1) is 11.3 Å². The largest absolute Gasteiger partial charge is 0.392 e. The van der Waals surface area contributed by atoms with Crippen LogP contribution >= 0.6 is 0 Å². The summed E-state index contributed by atoms with van der Waals surface area (Å²) in [6.45, 7) is 8.71. The summed E-state index contributed by atoms with van der Waals surface area (Å²) in [7, 11) is 0. The molecule has 2 aliphatic rings. The normalized spacial score (nSPS) is 38.6. The monoisotopic (exact) mass is 197 g/mol. The Balaban J connectivity index is 2.07. The molecule has 2 fully saturated rings. The third-order valence-electron chi connectivity index (χ3n) is 4.06. The first-order valence-electron chi connectivity index (χ1n) is 5.93. The number of β-amino-alcohol motifs (C(OH)–C–C–N with tert-alkyl or cyclic N) is 1. The van der Waals surface area contributed by atoms with E-state index in [4.69, 9.17) is 0 Å². The first-order valence-corrected chi connectivity index (χ1v) is 5.93. The number of rotatable bonds is 2. The lowest BCUT2D eigenvalue weighted by Gasteiger charge is -2.24. The maximum Gasteiger partial charge on any atom is 0.0639 e. The molecule has 0 aromatic carbocycles. The van der Waals surface area contributed by atoms with Crippen molar-refractivity contribution in [3.63, 3.8) is 0 Å². The summed E-state index contributed by atoms with van der Waals surface area (Å²) in [6.07, 6.45) is 3.95. The molecule has 0 amide bonds. The van der Waals surface area contributed by atoms with E-state index in [-0.39, 0.29) is 6.10 Å². The Kier molecular flexibility index (Phi) is 2.61. The van der Waals surface area contributed by atoms with Gasteiger partial charge in [-0.2, -0.15) is 0 Å². The standard InChI is InChI=1S/C12H23NO/c1-9(14)7-13-8-12(2,3)10-5-4-6-11(10)13/h9-11,14H,4-8H2,1-3H3/t9-,10?,11?/m0/s1. The molecule has 1 aliphatic carbocycles. The molecule has 2 heteroatoms. The molecule has 3 atom stereocenters. The van der Waals surface area contributed by atoms with Crippen LogP contribution in [0.3, 0.4) is 0 Å². The third-order valence-corrected chi connectivity index (χ3v) is 4.06. The van der Waals surface area contributed by atoms with Gasteiger partial charge in [0.15, 0.2) is 0 Å². The van der Waals surface area contributed by atoms with Crippen LogP contribution in [0.25, 0.3) is 0 Å². The van der Waals surface area contributed by atoms with Gasteiger partial charge in [-0.05, 0) is 31.1 Å². The van der Waals surface area contributed by atoms with E-state index in [2.05, 4.69) is 18.7 Å². The minimum Gasteiger partial charge on any atom is -0.392 e. The Bertz CT molecular complexity index is 212. The second-order valence-electron chi connectivity index (χ2n) is 5.87. The fraction of sp³-hybridized carbons (Fsp3) is 1.00. The highest BCUT2D eigenvalue weighted by atomic mass is 16.3. The van der Waals surface area contributed by atoms with Crippen molar-refractivity contribution in [3.05, 3.63) is 0 Å². The summed E-state index contributed by atoms with van der Waals surface area (Å²) in [5.74, 6) is 0.876. The summed E-state index contributed by atoms with van der Waals surface area (Å²) in [5.41, 5.74) is 0.468. The Hall–Kier alpha value is -0.0800. The maximum absolute atomic E-state index is 9.46. The van der Waals surface area contributed by atoms with Crippen molar-refractivity contribution < 1.29 is 5.11 Å². The number of hydrogen-bond donors (Lipinski definition) is 1. The molecule has 2 rings (SSSR count). The molecule has 14 heavy (non-hydrogen) atoms. The van der Waals surface area contributed by atoms with E-state index in [1.807, 2.05) is 6.92 Å². The summed E-state index contributed by atoms with van der Waals surface area (Å²) in [4.78, 5) is 2.52. The van der Waals surface area contributed by atoms with E-state index in [1.165, 1.54) is 25.8 Å². The zero-order valence-electron chi connectivity index (χ0n) is 9.66. The van der Waals surface area contributed by atoms with E-state index in [1.54, 1.807) is 0 Å². The van der Waals surface area contributed by atoms with E-state index in [9.17, 15) is 5.11 Å². The molecule has 0 bridgehead atoms. The summed E-state index contributed by atoms with van der Waals surface area (Å²) < 4.78 is 0. The van der Waals surface area contributed by atoms with Crippen molar-refractivity contribution in [2.75, 3.05) is 13.1 Å². The SMILES string of the molecule is C[C@H](O)CN1CC(C)(C)C2CCCC21. The average Bonchev–Trinajstić information content (AvgIpc) is 2.55. The molecule has 0 spiro atoms. The Labute approximate surface area is 87.3 Å². The highest BCUT2D eigenvalue weighted by Crippen LogP contribution is 2.48. The molecule has 1 aliphatic heterocycles. The summed E-state index contributed by atoms with van der Waals surface area (Å²) in [6, 6.07) is 0.764. The van der Waals surface area contributed by atoms with E-state index in [0.717, 1.165) is 18.5 Å². The van der Waals surface area contributed by atoms with Gasteiger partial charge in [0.05, 0.1) is 6.10 Å². The summed E-state index contributed by atoms with van der Waals surface area (Å²) in [5, 5.41) is 9.46. The molecule has 1 saturated carbocycles. The Morgan fingerprint density at radius 1 is 1.43 bits per heavy atom. The van der Waals surface area contributed by atoms with Crippen molar-refractivity contribution in [2.45, 2.75) is 52.2 Å². The molecule has 2 unspecified atom stereocenters. The molecule has 1 saturated heterocycles. The van der Waals surface area contributed by atoms with Gasteiger partial charge in [0.25, 0.3) is 0 Å². The number of aliphatic hydroxyl groups is 1. The quantitative estimate of drug-likeness (QED) is 0.730. The lowest BCUT2D eigenvalue weighted by Crippen LogP contribution is -2.35. The van der Waals surface area contributed by atoms with Gasteiger partial charge in [0, 0.05) is 19.1 Å². The number of nitrogens with zero attached hydrogens (tertiary/aromatic N) is 1. The number of hydrogen-bond acceptors (Lipinski definition) is 2.